The number of carboxylic acid groups (broad SMARTS) is 1. The number of carbonyl (C=O) groups excluding carboxylic acids is 1. The lowest BCUT2D eigenvalue weighted by Crippen LogP contribution is -2.39. The van der Waals surface area contributed by atoms with Gasteiger partial charge in [0.05, 0.1) is 13.2 Å². The highest BCUT2D eigenvalue weighted by atomic mass is 19.4. The molecule has 0 aliphatic carbocycles. The molecule has 1 unspecified atom stereocenters. The van der Waals surface area contributed by atoms with E-state index in [1.165, 1.54) is 17.0 Å². The smallest absolute Gasteiger partial charge is 0.492 e. The number of nitrogens with zero attached hydrogens (tertiary/aromatic N) is 1. The van der Waals surface area contributed by atoms with E-state index in [0.717, 1.165) is 23.3 Å². The van der Waals surface area contributed by atoms with E-state index >= 15 is 0 Å². The highest BCUT2D eigenvalue weighted by Crippen LogP contribution is 2.24. The van der Waals surface area contributed by atoms with Gasteiger partial charge in [-0.05, 0) is 60.9 Å². The van der Waals surface area contributed by atoms with Crippen molar-refractivity contribution in [2.24, 2.45) is 0 Å². The number of rotatable bonds is 17. The molecule has 232 valence electrons. The first-order valence-corrected chi connectivity index (χ1v) is 13.7. The number of halogens is 3. The van der Waals surface area contributed by atoms with Crippen LogP contribution in [0.4, 0.5) is 23.7 Å². The maximum Gasteiger partial charge on any atom is 0.573 e. The van der Waals surface area contributed by atoms with Crippen LogP contribution in [0.2, 0.25) is 0 Å². The van der Waals surface area contributed by atoms with Crippen molar-refractivity contribution in [3.63, 3.8) is 0 Å². The molecule has 3 aromatic carbocycles. The summed E-state index contributed by atoms with van der Waals surface area (Å²) in [6.07, 6.45) is -4.99. The van der Waals surface area contributed by atoms with Crippen molar-refractivity contribution in [1.82, 2.24) is 4.90 Å². The summed E-state index contributed by atoms with van der Waals surface area (Å²) in [7, 11) is 0. The molecule has 2 amide bonds. The fourth-order valence-corrected chi connectivity index (χ4v) is 4.01. The average Bonchev–Trinajstić information content (AvgIpc) is 2.97. The largest absolute Gasteiger partial charge is 0.573 e. The summed E-state index contributed by atoms with van der Waals surface area (Å²) >= 11 is 0. The number of aliphatic carboxylic acids is 1. The van der Waals surface area contributed by atoms with Crippen molar-refractivity contribution in [1.29, 1.82) is 0 Å². The minimum absolute atomic E-state index is 0.159. The Morgan fingerprint density at radius 1 is 0.884 bits per heavy atom. The number of hydrogen-bond donors (Lipinski definition) is 2. The summed E-state index contributed by atoms with van der Waals surface area (Å²) in [6.45, 7) is 3.59. The summed E-state index contributed by atoms with van der Waals surface area (Å²) in [4.78, 5) is 25.9. The minimum Gasteiger partial charge on any atom is -0.492 e. The van der Waals surface area contributed by atoms with E-state index in [2.05, 4.69) is 10.1 Å². The van der Waals surface area contributed by atoms with Crippen LogP contribution in [0.25, 0.3) is 0 Å². The Bertz CT molecular complexity index is 1260. The van der Waals surface area contributed by atoms with E-state index in [1.54, 1.807) is 31.2 Å². The van der Waals surface area contributed by atoms with E-state index in [-0.39, 0.29) is 19.6 Å². The molecular weight excluding hydrogens is 569 g/mol. The summed E-state index contributed by atoms with van der Waals surface area (Å²) in [5.74, 6) is -0.885. The molecule has 0 saturated heterocycles. The highest BCUT2D eigenvalue weighted by Gasteiger charge is 2.31. The van der Waals surface area contributed by atoms with Crippen molar-refractivity contribution >= 4 is 17.7 Å². The maximum atomic E-state index is 13.1. The zero-order chi connectivity index (χ0) is 31.1. The van der Waals surface area contributed by atoms with Crippen LogP contribution in [0.3, 0.4) is 0 Å². The van der Waals surface area contributed by atoms with Crippen LogP contribution in [-0.2, 0) is 27.3 Å². The van der Waals surface area contributed by atoms with Crippen molar-refractivity contribution < 1.29 is 46.8 Å². The fourth-order valence-electron chi connectivity index (χ4n) is 4.01. The van der Waals surface area contributed by atoms with E-state index in [1.807, 2.05) is 30.3 Å². The number of benzene rings is 3. The Balaban J connectivity index is 1.54. The van der Waals surface area contributed by atoms with Crippen molar-refractivity contribution in [3.05, 3.63) is 90.0 Å². The van der Waals surface area contributed by atoms with Crippen LogP contribution in [0.1, 0.15) is 24.5 Å². The molecular formula is C31H35F3N2O7. The summed E-state index contributed by atoms with van der Waals surface area (Å²) in [5.41, 5.74) is 2.11. The molecule has 0 heterocycles. The van der Waals surface area contributed by atoms with Gasteiger partial charge in [-0.15, -0.1) is 13.2 Å². The third-order valence-corrected chi connectivity index (χ3v) is 6.07. The van der Waals surface area contributed by atoms with Gasteiger partial charge >= 0.3 is 18.4 Å². The normalized spacial score (nSPS) is 11.9. The van der Waals surface area contributed by atoms with Crippen LogP contribution in [0.15, 0.2) is 78.9 Å². The van der Waals surface area contributed by atoms with Gasteiger partial charge in [-0.3, -0.25) is 0 Å². The lowest BCUT2D eigenvalue weighted by atomic mass is 10.1. The number of hydrogen-bond acceptors (Lipinski definition) is 6. The van der Waals surface area contributed by atoms with Gasteiger partial charge in [-0.1, -0.05) is 42.5 Å². The number of carboxylic acids is 1. The molecule has 0 bridgehead atoms. The Hall–Kier alpha value is -4.29. The zero-order valence-electron chi connectivity index (χ0n) is 23.7. The quantitative estimate of drug-likeness (QED) is 0.178. The molecule has 0 fully saturated rings. The van der Waals surface area contributed by atoms with Crippen LogP contribution >= 0.6 is 0 Å². The van der Waals surface area contributed by atoms with Crippen molar-refractivity contribution in [3.8, 4) is 11.5 Å². The number of carbonyl (C=O) groups is 2. The van der Waals surface area contributed by atoms with Crippen molar-refractivity contribution in [2.45, 2.75) is 38.8 Å². The second-order valence-electron chi connectivity index (χ2n) is 9.36. The number of urea groups is 1. The summed E-state index contributed by atoms with van der Waals surface area (Å²) in [6, 6.07) is 21.0. The van der Waals surface area contributed by atoms with Gasteiger partial charge in [0.1, 0.15) is 18.1 Å². The minimum atomic E-state index is -4.81. The van der Waals surface area contributed by atoms with Gasteiger partial charge in [0, 0.05) is 31.9 Å². The van der Waals surface area contributed by atoms with Crippen molar-refractivity contribution in [2.75, 3.05) is 38.2 Å². The molecule has 3 aromatic rings. The SMILES string of the molecule is CCOC(Cc1ccc(OCCN(CCCOCc2ccccc2)C(=O)Nc2ccc(OC(F)(F)F)cc2)cc1)C(=O)O. The van der Waals surface area contributed by atoms with Crippen LogP contribution in [0.5, 0.6) is 11.5 Å². The number of ether oxygens (including phenoxy) is 4. The molecule has 43 heavy (non-hydrogen) atoms. The first-order chi connectivity index (χ1) is 20.6. The topological polar surface area (TPSA) is 107 Å². The van der Waals surface area contributed by atoms with Crippen LogP contribution in [0, 0.1) is 0 Å². The monoisotopic (exact) mass is 604 g/mol. The predicted molar refractivity (Wildman–Crippen MR) is 153 cm³/mol. The molecule has 2 N–H and O–H groups in total. The standard InChI is InChI=1S/C31H35F3N2O7/c1-2-41-28(29(37)38)21-23-9-13-26(14-10-23)42-20-18-36(17-6-19-40-22-24-7-4-3-5-8-24)30(39)35-25-11-15-27(16-12-25)43-31(32,33)34/h3-5,7-16,28H,2,6,17-22H2,1H3,(H,35,39)(H,37,38). The van der Waals surface area contributed by atoms with Gasteiger partial charge < -0.3 is 34.3 Å². The zero-order valence-corrected chi connectivity index (χ0v) is 23.7. The van der Waals surface area contributed by atoms with E-state index < -0.39 is 30.2 Å². The highest BCUT2D eigenvalue weighted by molar-refractivity contribution is 5.89. The van der Waals surface area contributed by atoms with Gasteiger partial charge in [0.15, 0.2) is 6.10 Å². The van der Waals surface area contributed by atoms with E-state index in [4.69, 9.17) is 14.2 Å². The van der Waals surface area contributed by atoms with Crippen LogP contribution in [-0.4, -0.2) is 67.4 Å². The number of alkyl halides is 3. The molecule has 12 heteroatoms. The Morgan fingerprint density at radius 2 is 1.56 bits per heavy atom. The third kappa shape index (κ3) is 12.6. The molecule has 0 radical (unpaired) electrons. The predicted octanol–water partition coefficient (Wildman–Crippen LogP) is 6.14. The number of nitrogens with one attached hydrogen (secondary N) is 1. The Morgan fingerprint density at radius 3 is 2.19 bits per heavy atom. The van der Waals surface area contributed by atoms with Gasteiger partial charge in [-0.25, -0.2) is 9.59 Å². The van der Waals surface area contributed by atoms with Gasteiger partial charge in [0.2, 0.25) is 0 Å². The van der Waals surface area contributed by atoms with Crippen LogP contribution < -0.4 is 14.8 Å². The van der Waals surface area contributed by atoms with E-state index in [0.29, 0.717) is 44.2 Å². The number of amides is 2. The third-order valence-electron chi connectivity index (χ3n) is 6.07. The molecule has 9 nitrogen and oxygen atoms in total. The lowest BCUT2D eigenvalue weighted by molar-refractivity contribution is -0.274. The summed E-state index contributed by atoms with van der Waals surface area (Å²) < 4.78 is 58.0. The second-order valence-corrected chi connectivity index (χ2v) is 9.36. The first-order valence-electron chi connectivity index (χ1n) is 13.7. The first kappa shape index (κ1) is 33.2. The Kier molecular flexibility index (Phi) is 13.1. The molecule has 0 aliphatic heterocycles. The molecule has 0 spiro atoms. The fraction of sp³-hybridized carbons (Fsp3) is 0.355. The molecule has 3 rings (SSSR count). The lowest BCUT2D eigenvalue weighted by Gasteiger charge is -2.23. The molecule has 1 atom stereocenters. The molecule has 0 aliphatic rings. The molecule has 0 aromatic heterocycles. The van der Waals surface area contributed by atoms with E-state index in [9.17, 15) is 27.9 Å². The maximum absolute atomic E-state index is 13.1. The Labute approximate surface area is 248 Å². The number of anilines is 1. The van der Waals surface area contributed by atoms with Gasteiger partial charge in [-0.2, -0.15) is 0 Å². The summed E-state index contributed by atoms with van der Waals surface area (Å²) in [5, 5.41) is 12.0. The average molecular weight is 605 g/mol. The second kappa shape index (κ2) is 17.0. The molecule has 0 saturated carbocycles. The van der Waals surface area contributed by atoms with Gasteiger partial charge in [0.25, 0.3) is 0 Å².